The third-order valence-electron chi connectivity index (χ3n) is 6.07. The average molecular weight is 433 g/mol. The molecule has 2 aromatic rings. The summed E-state index contributed by atoms with van der Waals surface area (Å²) in [5.74, 6) is 1.86. The van der Waals surface area contributed by atoms with E-state index in [4.69, 9.17) is 4.74 Å². The molecule has 0 unspecified atom stereocenters. The van der Waals surface area contributed by atoms with Gasteiger partial charge < -0.3 is 19.8 Å². The number of aliphatic carboxylic acids is 1. The molecule has 164 valence electrons. The van der Waals surface area contributed by atoms with Gasteiger partial charge in [-0.25, -0.2) is 0 Å². The number of piperidine rings is 1. The number of likely N-dealkylation sites (tertiary alicyclic amines) is 1. The SMILES string of the molecule is CCSCCN1CC[C@@H](CC[C@H](O)c2ccnc3ccc(OC)cc23)[C@@H](C(=O)O)C1. The number of hydrogen-bond donors (Lipinski definition) is 2. The van der Waals surface area contributed by atoms with Gasteiger partial charge in [-0.1, -0.05) is 6.92 Å². The van der Waals surface area contributed by atoms with E-state index < -0.39 is 12.1 Å². The summed E-state index contributed by atoms with van der Waals surface area (Å²) in [7, 11) is 1.62. The van der Waals surface area contributed by atoms with E-state index in [1.165, 1.54) is 0 Å². The molecule has 3 rings (SSSR count). The fraction of sp³-hybridized carbons (Fsp3) is 0.565. The first-order chi connectivity index (χ1) is 14.5. The predicted molar refractivity (Wildman–Crippen MR) is 121 cm³/mol. The van der Waals surface area contributed by atoms with Crippen LogP contribution >= 0.6 is 11.8 Å². The minimum atomic E-state index is -0.721. The van der Waals surface area contributed by atoms with Crippen molar-refractivity contribution < 1.29 is 19.7 Å². The topological polar surface area (TPSA) is 82.9 Å². The minimum absolute atomic E-state index is 0.0925. The number of hydrogen-bond acceptors (Lipinski definition) is 6. The predicted octanol–water partition coefficient (Wildman–Crippen LogP) is 3.83. The van der Waals surface area contributed by atoms with Gasteiger partial charge >= 0.3 is 5.97 Å². The molecule has 1 fully saturated rings. The highest BCUT2D eigenvalue weighted by Crippen LogP contribution is 2.33. The van der Waals surface area contributed by atoms with Crippen LogP contribution in [0.1, 0.15) is 37.9 Å². The molecule has 0 aliphatic carbocycles. The van der Waals surface area contributed by atoms with Crippen molar-refractivity contribution in [3.05, 3.63) is 36.0 Å². The Morgan fingerprint density at radius 1 is 1.40 bits per heavy atom. The van der Waals surface area contributed by atoms with Crippen LogP contribution < -0.4 is 4.74 Å². The van der Waals surface area contributed by atoms with E-state index in [1.807, 2.05) is 36.0 Å². The average Bonchev–Trinajstić information content (AvgIpc) is 2.77. The van der Waals surface area contributed by atoms with Crippen LogP contribution in [0.2, 0.25) is 0 Å². The fourth-order valence-electron chi connectivity index (χ4n) is 4.33. The minimum Gasteiger partial charge on any atom is -0.497 e. The molecule has 6 nitrogen and oxygen atoms in total. The van der Waals surface area contributed by atoms with Crippen LogP contribution in [0.3, 0.4) is 0 Å². The summed E-state index contributed by atoms with van der Waals surface area (Å²) in [4.78, 5) is 18.5. The number of rotatable bonds is 10. The third-order valence-corrected chi connectivity index (χ3v) is 6.95. The van der Waals surface area contributed by atoms with E-state index >= 15 is 0 Å². The number of carboxylic acids is 1. The van der Waals surface area contributed by atoms with Crippen molar-refractivity contribution in [3.8, 4) is 5.75 Å². The van der Waals surface area contributed by atoms with E-state index in [1.54, 1.807) is 13.3 Å². The molecule has 1 aliphatic heterocycles. The summed E-state index contributed by atoms with van der Waals surface area (Å²) in [5, 5.41) is 21.5. The number of fused-ring (bicyclic) bond motifs is 1. The Labute approximate surface area is 182 Å². The number of carboxylic acid groups (broad SMARTS) is 1. The molecule has 1 aromatic carbocycles. The Balaban J connectivity index is 1.64. The van der Waals surface area contributed by atoms with Gasteiger partial charge in [-0.15, -0.1) is 0 Å². The smallest absolute Gasteiger partial charge is 0.308 e. The van der Waals surface area contributed by atoms with E-state index in [2.05, 4.69) is 16.8 Å². The second kappa shape index (κ2) is 11.0. The number of aliphatic hydroxyl groups is 1. The summed E-state index contributed by atoms with van der Waals surface area (Å²) in [5.41, 5.74) is 1.63. The monoisotopic (exact) mass is 432 g/mol. The molecule has 2 heterocycles. The number of methoxy groups -OCH3 is 1. The van der Waals surface area contributed by atoms with Crippen molar-refractivity contribution >= 4 is 28.6 Å². The largest absolute Gasteiger partial charge is 0.497 e. The molecule has 3 atom stereocenters. The number of pyridine rings is 1. The first-order valence-corrected chi connectivity index (χ1v) is 11.8. The standard InChI is InChI=1S/C23H32N2O4S/c1-3-30-13-12-25-11-9-16(20(15-25)23(27)28)4-7-22(26)18-8-10-24-21-6-5-17(29-2)14-19(18)21/h5-6,8,10,14,16,20,22,26H,3-4,7,9,11-13,15H2,1-2H3,(H,27,28)/t16-,20+,22+/m1/s1. The van der Waals surface area contributed by atoms with Gasteiger partial charge in [0.15, 0.2) is 0 Å². The number of ether oxygens (including phenoxy) is 1. The van der Waals surface area contributed by atoms with Gasteiger partial charge in [0.1, 0.15) is 5.75 Å². The molecule has 0 saturated carbocycles. The Bertz CT molecular complexity index is 847. The number of benzene rings is 1. The first-order valence-electron chi connectivity index (χ1n) is 10.7. The molecule has 2 N–H and O–H groups in total. The second-order valence-corrected chi connectivity index (χ2v) is 9.26. The van der Waals surface area contributed by atoms with Crippen molar-refractivity contribution in [1.29, 1.82) is 0 Å². The van der Waals surface area contributed by atoms with E-state index in [0.717, 1.165) is 53.2 Å². The van der Waals surface area contributed by atoms with Crippen LogP contribution in [-0.4, -0.2) is 64.3 Å². The molecule has 1 aliphatic rings. The molecule has 0 spiro atoms. The third kappa shape index (κ3) is 5.65. The first kappa shape index (κ1) is 22.8. The number of aromatic nitrogens is 1. The molecule has 0 amide bonds. The number of carbonyl (C=O) groups is 1. The van der Waals surface area contributed by atoms with Gasteiger partial charge in [0.2, 0.25) is 0 Å². The van der Waals surface area contributed by atoms with Gasteiger partial charge in [-0.2, -0.15) is 11.8 Å². The zero-order chi connectivity index (χ0) is 21.5. The summed E-state index contributed by atoms with van der Waals surface area (Å²) in [6.07, 6.45) is 3.15. The zero-order valence-corrected chi connectivity index (χ0v) is 18.6. The maximum absolute atomic E-state index is 11.9. The lowest BCUT2D eigenvalue weighted by Crippen LogP contribution is -2.44. The van der Waals surface area contributed by atoms with E-state index in [9.17, 15) is 15.0 Å². The Morgan fingerprint density at radius 3 is 2.97 bits per heavy atom. The van der Waals surface area contributed by atoms with Crippen LogP contribution in [0.15, 0.2) is 30.5 Å². The van der Waals surface area contributed by atoms with Crippen LogP contribution in [0.25, 0.3) is 10.9 Å². The van der Waals surface area contributed by atoms with Crippen molar-refractivity contribution in [2.45, 2.75) is 32.3 Å². The van der Waals surface area contributed by atoms with Crippen LogP contribution in [-0.2, 0) is 4.79 Å². The molecule has 1 aromatic heterocycles. The van der Waals surface area contributed by atoms with Crippen LogP contribution in [0.4, 0.5) is 0 Å². The Morgan fingerprint density at radius 2 is 2.23 bits per heavy atom. The van der Waals surface area contributed by atoms with Gasteiger partial charge in [-0.05, 0) is 67.3 Å². The van der Waals surface area contributed by atoms with E-state index in [0.29, 0.717) is 19.4 Å². The summed E-state index contributed by atoms with van der Waals surface area (Å²) >= 11 is 1.89. The highest BCUT2D eigenvalue weighted by Gasteiger charge is 2.34. The van der Waals surface area contributed by atoms with Gasteiger partial charge in [-0.3, -0.25) is 9.78 Å². The molecule has 7 heteroatoms. The zero-order valence-electron chi connectivity index (χ0n) is 17.8. The lowest BCUT2D eigenvalue weighted by molar-refractivity contribution is -0.146. The van der Waals surface area contributed by atoms with Crippen molar-refractivity contribution in [2.24, 2.45) is 11.8 Å². The lowest BCUT2D eigenvalue weighted by Gasteiger charge is -2.36. The summed E-state index contributed by atoms with van der Waals surface area (Å²) in [6, 6.07) is 7.48. The number of thioether (sulfide) groups is 1. The van der Waals surface area contributed by atoms with Crippen molar-refractivity contribution in [2.75, 3.05) is 38.2 Å². The quantitative estimate of drug-likeness (QED) is 0.552. The molecular formula is C23H32N2O4S. The highest BCUT2D eigenvalue weighted by molar-refractivity contribution is 7.99. The van der Waals surface area contributed by atoms with Crippen molar-refractivity contribution in [1.82, 2.24) is 9.88 Å². The van der Waals surface area contributed by atoms with Gasteiger partial charge in [0.05, 0.1) is 24.6 Å². The fourth-order valence-corrected chi connectivity index (χ4v) is 5.00. The maximum atomic E-state index is 11.9. The Hall–Kier alpha value is -1.83. The molecule has 30 heavy (non-hydrogen) atoms. The normalized spacial score (nSPS) is 20.9. The number of nitrogens with zero attached hydrogens (tertiary/aromatic N) is 2. The maximum Gasteiger partial charge on any atom is 0.308 e. The number of aliphatic hydroxyl groups excluding tert-OH is 1. The molecule has 0 bridgehead atoms. The molecule has 1 saturated heterocycles. The molecular weight excluding hydrogens is 400 g/mol. The molecule has 0 radical (unpaired) electrons. The van der Waals surface area contributed by atoms with Crippen LogP contribution in [0.5, 0.6) is 5.75 Å². The van der Waals surface area contributed by atoms with Crippen molar-refractivity contribution in [3.63, 3.8) is 0 Å². The summed E-state index contributed by atoms with van der Waals surface area (Å²) in [6.45, 7) is 4.63. The van der Waals surface area contributed by atoms with Crippen LogP contribution in [0, 0.1) is 11.8 Å². The highest BCUT2D eigenvalue weighted by atomic mass is 32.2. The van der Waals surface area contributed by atoms with E-state index in [-0.39, 0.29) is 11.8 Å². The van der Waals surface area contributed by atoms with Gasteiger partial charge in [0, 0.05) is 30.4 Å². The second-order valence-electron chi connectivity index (χ2n) is 7.87. The Kier molecular flexibility index (Phi) is 8.36. The lowest BCUT2D eigenvalue weighted by atomic mass is 9.81. The van der Waals surface area contributed by atoms with Gasteiger partial charge in [0.25, 0.3) is 0 Å². The summed E-state index contributed by atoms with van der Waals surface area (Å²) < 4.78 is 5.32.